The van der Waals surface area contributed by atoms with E-state index in [-0.39, 0.29) is 10.9 Å². The molecule has 2 aromatic carbocycles. The fourth-order valence-electron chi connectivity index (χ4n) is 3.04. The predicted octanol–water partition coefficient (Wildman–Crippen LogP) is 3.25. The number of sulfonamides is 1. The number of hydrogen-bond donors (Lipinski definition) is 0. The molecule has 0 saturated heterocycles. The van der Waals surface area contributed by atoms with Crippen molar-refractivity contribution in [2.24, 2.45) is 0 Å². The van der Waals surface area contributed by atoms with Crippen LogP contribution < -0.4 is 9.21 Å². The van der Waals surface area contributed by atoms with Crippen molar-refractivity contribution in [2.45, 2.75) is 24.8 Å². The first-order valence-electron chi connectivity index (χ1n) is 7.59. The Hall–Kier alpha value is -2.08. The van der Waals surface area contributed by atoms with Gasteiger partial charge in [0.05, 0.1) is 22.8 Å². The summed E-state index contributed by atoms with van der Waals surface area (Å²) in [5.41, 5.74) is 1.57. The lowest BCUT2D eigenvalue weighted by molar-refractivity contribution is 0.574. The van der Waals surface area contributed by atoms with Gasteiger partial charge in [-0.05, 0) is 50.2 Å². The molecule has 4 nitrogen and oxygen atoms in total. The molecule has 3 rings (SSSR count). The standard InChI is InChI=1S/C17H19FN2O2S/c1-3-19-13(2)12-20(17-7-5-4-6-16(17)19)23(21,22)15-10-8-14(18)9-11-15/h4-11,13H,3,12H2,1-2H3. The van der Waals surface area contributed by atoms with Crippen LogP contribution in [0.2, 0.25) is 0 Å². The minimum atomic E-state index is -3.72. The topological polar surface area (TPSA) is 40.6 Å². The van der Waals surface area contributed by atoms with Crippen molar-refractivity contribution < 1.29 is 12.8 Å². The van der Waals surface area contributed by atoms with Crippen LogP contribution in [0, 0.1) is 5.82 Å². The van der Waals surface area contributed by atoms with Gasteiger partial charge in [0.2, 0.25) is 0 Å². The highest BCUT2D eigenvalue weighted by Gasteiger charge is 2.34. The average molecular weight is 334 g/mol. The van der Waals surface area contributed by atoms with Crippen LogP contribution in [0.25, 0.3) is 0 Å². The third kappa shape index (κ3) is 2.67. The van der Waals surface area contributed by atoms with E-state index in [1.165, 1.54) is 28.6 Å². The van der Waals surface area contributed by atoms with Gasteiger partial charge in [0.25, 0.3) is 10.0 Å². The van der Waals surface area contributed by atoms with Crippen LogP contribution in [0.5, 0.6) is 0 Å². The molecule has 2 aromatic rings. The van der Waals surface area contributed by atoms with Gasteiger partial charge in [-0.1, -0.05) is 12.1 Å². The molecule has 0 aromatic heterocycles. The van der Waals surface area contributed by atoms with Crippen LogP contribution in [0.4, 0.5) is 15.8 Å². The molecule has 122 valence electrons. The Labute approximate surface area is 136 Å². The Morgan fingerprint density at radius 1 is 1.09 bits per heavy atom. The summed E-state index contributed by atoms with van der Waals surface area (Å²) < 4.78 is 40.5. The highest BCUT2D eigenvalue weighted by molar-refractivity contribution is 7.92. The van der Waals surface area contributed by atoms with Gasteiger partial charge in [0.15, 0.2) is 0 Å². The van der Waals surface area contributed by atoms with Gasteiger partial charge in [-0.15, -0.1) is 0 Å². The summed E-state index contributed by atoms with van der Waals surface area (Å²) in [4.78, 5) is 2.29. The molecule has 1 aliphatic heterocycles. The summed E-state index contributed by atoms with van der Waals surface area (Å²) in [5.74, 6) is -0.450. The molecule has 0 bridgehead atoms. The van der Waals surface area contributed by atoms with E-state index in [9.17, 15) is 12.8 Å². The summed E-state index contributed by atoms with van der Waals surface area (Å²) in [6.45, 7) is 5.23. The van der Waals surface area contributed by atoms with Crippen molar-refractivity contribution in [1.29, 1.82) is 0 Å². The molecule has 6 heteroatoms. The van der Waals surface area contributed by atoms with Gasteiger partial charge in [-0.2, -0.15) is 0 Å². The number of fused-ring (bicyclic) bond motifs is 1. The predicted molar refractivity (Wildman–Crippen MR) is 89.9 cm³/mol. The molecule has 0 aliphatic carbocycles. The van der Waals surface area contributed by atoms with E-state index in [0.717, 1.165) is 12.2 Å². The molecule has 0 amide bonds. The first-order valence-corrected chi connectivity index (χ1v) is 9.03. The van der Waals surface area contributed by atoms with E-state index in [4.69, 9.17) is 0 Å². The van der Waals surface area contributed by atoms with Gasteiger partial charge in [0.1, 0.15) is 5.82 Å². The maximum absolute atomic E-state index is 13.1. The van der Waals surface area contributed by atoms with Crippen LogP contribution in [0.15, 0.2) is 53.4 Å². The fraction of sp³-hybridized carbons (Fsp3) is 0.294. The Balaban J connectivity index is 2.11. The zero-order valence-electron chi connectivity index (χ0n) is 13.1. The third-order valence-corrected chi connectivity index (χ3v) is 5.96. The summed E-state index contributed by atoms with van der Waals surface area (Å²) in [6.07, 6.45) is 0. The van der Waals surface area contributed by atoms with E-state index in [2.05, 4.69) is 11.8 Å². The SMILES string of the molecule is CCN1c2ccccc2N(S(=O)(=O)c2ccc(F)cc2)CC1C. The zero-order valence-corrected chi connectivity index (χ0v) is 13.9. The minimum Gasteiger partial charge on any atom is -0.366 e. The van der Waals surface area contributed by atoms with Crippen molar-refractivity contribution in [2.75, 3.05) is 22.3 Å². The molecular formula is C17H19FN2O2S. The molecule has 0 saturated carbocycles. The normalized spacial score (nSPS) is 18.0. The molecule has 0 N–H and O–H groups in total. The minimum absolute atomic E-state index is 0.0603. The van der Waals surface area contributed by atoms with Crippen LogP contribution >= 0.6 is 0 Å². The van der Waals surface area contributed by atoms with E-state index in [1.54, 1.807) is 0 Å². The number of anilines is 2. The second-order valence-corrected chi connectivity index (χ2v) is 7.48. The van der Waals surface area contributed by atoms with Gasteiger partial charge < -0.3 is 4.90 Å². The van der Waals surface area contributed by atoms with E-state index in [1.807, 2.05) is 31.2 Å². The number of benzene rings is 2. The smallest absolute Gasteiger partial charge is 0.264 e. The molecule has 0 spiro atoms. The molecule has 0 fully saturated rings. The fourth-order valence-corrected chi connectivity index (χ4v) is 4.60. The molecule has 1 heterocycles. The second-order valence-electron chi connectivity index (χ2n) is 5.61. The summed E-state index contributed by atoms with van der Waals surface area (Å²) in [7, 11) is -3.72. The van der Waals surface area contributed by atoms with Gasteiger partial charge >= 0.3 is 0 Å². The van der Waals surface area contributed by atoms with Crippen molar-refractivity contribution in [3.63, 3.8) is 0 Å². The molecule has 23 heavy (non-hydrogen) atoms. The zero-order chi connectivity index (χ0) is 16.6. The maximum atomic E-state index is 13.1. The number of hydrogen-bond acceptors (Lipinski definition) is 3. The van der Waals surface area contributed by atoms with Gasteiger partial charge in [-0.3, -0.25) is 4.31 Å². The average Bonchev–Trinajstić information content (AvgIpc) is 2.54. The Kier molecular flexibility index (Phi) is 4.02. The van der Waals surface area contributed by atoms with Crippen molar-refractivity contribution >= 4 is 21.4 Å². The van der Waals surface area contributed by atoms with Gasteiger partial charge in [-0.25, -0.2) is 12.8 Å². The highest BCUT2D eigenvalue weighted by atomic mass is 32.2. The summed E-state index contributed by atoms with van der Waals surface area (Å²) >= 11 is 0. The Morgan fingerprint density at radius 2 is 1.70 bits per heavy atom. The molecule has 1 atom stereocenters. The van der Waals surface area contributed by atoms with Crippen molar-refractivity contribution in [3.05, 3.63) is 54.3 Å². The Morgan fingerprint density at radius 3 is 2.30 bits per heavy atom. The van der Waals surface area contributed by atoms with Crippen LogP contribution in [-0.4, -0.2) is 27.5 Å². The van der Waals surface area contributed by atoms with Crippen molar-refractivity contribution in [1.82, 2.24) is 0 Å². The third-order valence-electron chi connectivity index (χ3n) is 4.16. The van der Waals surface area contributed by atoms with Crippen LogP contribution in [-0.2, 0) is 10.0 Å². The van der Waals surface area contributed by atoms with Crippen LogP contribution in [0.1, 0.15) is 13.8 Å². The number of nitrogens with zero attached hydrogens (tertiary/aromatic N) is 2. The molecule has 1 unspecified atom stereocenters. The monoisotopic (exact) mass is 334 g/mol. The molecule has 1 aliphatic rings. The molecule has 0 radical (unpaired) electrons. The number of halogens is 1. The lowest BCUT2D eigenvalue weighted by atomic mass is 10.1. The first kappa shape index (κ1) is 15.8. The number of para-hydroxylation sites is 2. The maximum Gasteiger partial charge on any atom is 0.264 e. The second kappa shape index (κ2) is 5.85. The largest absolute Gasteiger partial charge is 0.366 e. The van der Waals surface area contributed by atoms with Gasteiger partial charge in [0, 0.05) is 12.6 Å². The number of likely N-dealkylation sites (N-methyl/N-ethyl adjacent to an activating group) is 1. The van der Waals surface area contributed by atoms with E-state index in [0.29, 0.717) is 12.2 Å². The van der Waals surface area contributed by atoms with Crippen molar-refractivity contribution in [3.8, 4) is 0 Å². The Bertz CT molecular complexity index is 806. The molecular weight excluding hydrogens is 315 g/mol. The highest BCUT2D eigenvalue weighted by Crippen LogP contribution is 2.38. The summed E-state index contributed by atoms with van der Waals surface area (Å²) in [6, 6.07) is 12.5. The summed E-state index contributed by atoms with van der Waals surface area (Å²) in [5, 5.41) is 0. The van der Waals surface area contributed by atoms with E-state index >= 15 is 0 Å². The quantitative estimate of drug-likeness (QED) is 0.865. The van der Waals surface area contributed by atoms with Crippen LogP contribution in [0.3, 0.4) is 0 Å². The lowest BCUT2D eigenvalue weighted by Crippen LogP contribution is -2.49. The lowest BCUT2D eigenvalue weighted by Gasteiger charge is -2.42. The number of rotatable bonds is 3. The van der Waals surface area contributed by atoms with E-state index < -0.39 is 15.8 Å². The first-order chi connectivity index (χ1) is 10.9.